The van der Waals surface area contributed by atoms with Gasteiger partial charge in [0.15, 0.2) is 0 Å². The van der Waals surface area contributed by atoms with Crippen LogP contribution >= 0.6 is 0 Å². The summed E-state index contributed by atoms with van der Waals surface area (Å²) in [4.78, 5) is 23.2. The molecule has 2 N–H and O–H groups in total. The Labute approximate surface area is 147 Å². The van der Waals surface area contributed by atoms with Crippen LogP contribution in [-0.4, -0.2) is 33.9 Å². The fourth-order valence-electron chi connectivity index (χ4n) is 2.34. The molecule has 0 aliphatic carbocycles. The summed E-state index contributed by atoms with van der Waals surface area (Å²) in [6, 6.07) is 9.92. The molecule has 25 heavy (non-hydrogen) atoms. The first-order valence-corrected chi connectivity index (χ1v) is 8.10. The van der Waals surface area contributed by atoms with Crippen LogP contribution in [0.2, 0.25) is 0 Å². The van der Waals surface area contributed by atoms with Crippen LogP contribution in [0, 0.1) is 13.8 Å². The van der Waals surface area contributed by atoms with Gasteiger partial charge in [0.2, 0.25) is 0 Å². The Kier molecular flexibility index (Phi) is 6.05. The van der Waals surface area contributed by atoms with Gasteiger partial charge in [0, 0.05) is 17.3 Å². The zero-order valence-electron chi connectivity index (χ0n) is 14.9. The largest absolute Gasteiger partial charge is 0.346 e. The van der Waals surface area contributed by atoms with E-state index in [0.29, 0.717) is 6.54 Å². The van der Waals surface area contributed by atoms with E-state index >= 15 is 0 Å². The number of hydrogen-bond acceptors (Lipinski definition) is 4. The van der Waals surface area contributed by atoms with E-state index in [-0.39, 0.29) is 6.04 Å². The van der Waals surface area contributed by atoms with Crippen LogP contribution in [0.15, 0.2) is 35.4 Å². The monoisotopic (exact) mass is 341 g/mol. The van der Waals surface area contributed by atoms with Gasteiger partial charge in [-0.05, 0) is 33.3 Å². The normalized spacial score (nSPS) is 11.1. The molecule has 2 aromatic rings. The van der Waals surface area contributed by atoms with Gasteiger partial charge < -0.3 is 5.32 Å². The number of carbonyl (C=O) groups excluding carboxylic acids is 2. The summed E-state index contributed by atoms with van der Waals surface area (Å²) in [5.41, 5.74) is 5.94. The molecule has 7 heteroatoms. The molecule has 1 aromatic carbocycles. The second kappa shape index (κ2) is 8.23. The third kappa shape index (κ3) is 5.00. The molecule has 0 atom stereocenters. The predicted octanol–water partition coefficient (Wildman–Crippen LogP) is 1.52. The van der Waals surface area contributed by atoms with E-state index in [4.69, 9.17) is 0 Å². The van der Waals surface area contributed by atoms with Gasteiger partial charge in [-0.15, -0.1) is 0 Å². The third-order valence-corrected chi connectivity index (χ3v) is 3.60. The van der Waals surface area contributed by atoms with Gasteiger partial charge in [-0.25, -0.2) is 5.43 Å². The molecule has 0 fully saturated rings. The Morgan fingerprint density at radius 1 is 1.20 bits per heavy atom. The molecule has 0 saturated carbocycles. The lowest BCUT2D eigenvalue weighted by molar-refractivity contribution is -0.139. The number of benzene rings is 1. The van der Waals surface area contributed by atoms with Crippen LogP contribution in [-0.2, 0) is 16.1 Å². The minimum atomic E-state index is -0.795. The van der Waals surface area contributed by atoms with E-state index < -0.39 is 11.8 Å². The Morgan fingerprint density at radius 2 is 1.88 bits per heavy atom. The number of nitrogens with zero attached hydrogens (tertiary/aromatic N) is 3. The molecule has 0 saturated heterocycles. The zero-order chi connectivity index (χ0) is 18.4. The van der Waals surface area contributed by atoms with E-state index in [1.807, 2.05) is 48.9 Å². The second-order valence-electron chi connectivity index (χ2n) is 6.06. The van der Waals surface area contributed by atoms with E-state index in [9.17, 15) is 9.59 Å². The number of rotatable bonds is 5. The highest BCUT2D eigenvalue weighted by Crippen LogP contribution is 2.12. The number of nitrogens with one attached hydrogen (secondary N) is 2. The lowest BCUT2D eigenvalue weighted by Gasteiger charge is -2.06. The van der Waals surface area contributed by atoms with E-state index in [2.05, 4.69) is 20.9 Å². The quantitative estimate of drug-likeness (QED) is 0.491. The van der Waals surface area contributed by atoms with Crippen molar-refractivity contribution in [3.63, 3.8) is 0 Å². The molecule has 1 aromatic heterocycles. The van der Waals surface area contributed by atoms with Crippen LogP contribution in [0.25, 0.3) is 0 Å². The standard InChI is InChI=1S/C18H23N5O2/c1-12(2)20-17(24)18(25)21-19-10-16-13(3)22-23(14(16)4)11-15-8-6-5-7-9-15/h5-10,12H,11H2,1-4H3,(H,20,24)(H,21,25)/b19-10-. The summed E-state index contributed by atoms with van der Waals surface area (Å²) in [5, 5.41) is 10.9. The lowest BCUT2D eigenvalue weighted by atomic mass is 10.2. The molecule has 0 spiro atoms. The Morgan fingerprint density at radius 3 is 2.52 bits per heavy atom. The number of aryl methyl sites for hydroxylation is 1. The summed E-state index contributed by atoms with van der Waals surface area (Å²) in [6.45, 7) is 8.04. The molecule has 0 radical (unpaired) electrons. The van der Waals surface area contributed by atoms with Gasteiger partial charge in [-0.1, -0.05) is 30.3 Å². The van der Waals surface area contributed by atoms with Crippen molar-refractivity contribution in [2.24, 2.45) is 5.10 Å². The van der Waals surface area contributed by atoms with E-state index in [0.717, 1.165) is 22.5 Å². The maximum atomic E-state index is 11.6. The topological polar surface area (TPSA) is 88.4 Å². The zero-order valence-corrected chi connectivity index (χ0v) is 14.9. The summed E-state index contributed by atoms with van der Waals surface area (Å²) >= 11 is 0. The van der Waals surface area contributed by atoms with Crippen LogP contribution in [0.4, 0.5) is 0 Å². The average Bonchev–Trinajstić information content (AvgIpc) is 2.82. The fourth-order valence-corrected chi connectivity index (χ4v) is 2.34. The summed E-state index contributed by atoms with van der Waals surface area (Å²) in [5.74, 6) is -1.50. The SMILES string of the molecule is Cc1nn(Cc2ccccc2)c(C)c1/C=N\NC(=O)C(=O)NC(C)C. The number of carbonyl (C=O) groups is 2. The minimum Gasteiger partial charge on any atom is -0.346 e. The van der Waals surface area contributed by atoms with Crippen molar-refractivity contribution in [2.75, 3.05) is 0 Å². The molecule has 7 nitrogen and oxygen atoms in total. The molecule has 0 aliphatic rings. The van der Waals surface area contributed by atoms with Crippen molar-refractivity contribution >= 4 is 18.0 Å². The molecular weight excluding hydrogens is 318 g/mol. The fraction of sp³-hybridized carbons (Fsp3) is 0.333. The summed E-state index contributed by atoms with van der Waals surface area (Å²) < 4.78 is 1.89. The van der Waals surface area contributed by atoms with Crippen LogP contribution < -0.4 is 10.7 Å². The first-order chi connectivity index (χ1) is 11.9. The van der Waals surface area contributed by atoms with Crippen LogP contribution in [0.1, 0.15) is 36.4 Å². The van der Waals surface area contributed by atoms with Gasteiger partial charge in [0.25, 0.3) is 0 Å². The number of aromatic nitrogens is 2. The van der Waals surface area contributed by atoms with Crippen molar-refractivity contribution in [3.05, 3.63) is 52.8 Å². The van der Waals surface area contributed by atoms with E-state index in [1.165, 1.54) is 6.21 Å². The first-order valence-electron chi connectivity index (χ1n) is 8.10. The minimum absolute atomic E-state index is 0.108. The van der Waals surface area contributed by atoms with Gasteiger partial charge >= 0.3 is 11.8 Å². The van der Waals surface area contributed by atoms with Crippen molar-refractivity contribution in [3.8, 4) is 0 Å². The van der Waals surface area contributed by atoms with Gasteiger partial charge in [0.05, 0.1) is 18.5 Å². The van der Waals surface area contributed by atoms with Crippen LogP contribution in [0.3, 0.4) is 0 Å². The van der Waals surface area contributed by atoms with Crippen molar-refractivity contribution in [2.45, 2.75) is 40.3 Å². The molecule has 0 bridgehead atoms. The highest BCUT2D eigenvalue weighted by atomic mass is 16.2. The molecule has 1 heterocycles. The molecule has 132 valence electrons. The lowest BCUT2D eigenvalue weighted by Crippen LogP contribution is -2.41. The van der Waals surface area contributed by atoms with Gasteiger partial charge in [-0.3, -0.25) is 14.3 Å². The maximum Gasteiger partial charge on any atom is 0.329 e. The third-order valence-electron chi connectivity index (χ3n) is 3.60. The number of hydrogen-bond donors (Lipinski definition) is 2. The van der Waals surface area contributed by atoms with E-state index in [1.54, 1.807) is 13.8 Å². The molecule has 0 unspecified atom stereocenters. The van der Waals surface area contributed by atoms with Gasteiger partial charge in [-0.2, -0.15) is 10.2 Å². The van der Waals surface area contributed by atoms with Crippen LogP contribution in [0.5, 0.6) is 0 Å². The molecule has 2 amide bonds. The molecule has 0 aliphatic heterocycles. The van der Waals surface area contributed by atoms with Crippen molar-refractivity contribution < 1.29 is 9.59 Å². The van der Waals surface area contributed by atoms with Crippen molar-refractivity contribution in [1.82, 2.24) is 20.5 Å². The van der Waals surface area contributed by atoms with Gasteiger partial charge in [0.1, 0.15) is 0 Å². The maximum absolute atomic E-state index is 11.6. The first kappa shape index (κ1) is 18.4. The molecule has 2 rings (SSSR count). The second-order valence-corrected chi connectivity index (χ2v) is 6.06. The Bertz CT molecular complexity index is 778. The average molecular weight is 341 g/mol. The van der Waals surface area contributed by atoms with Crippen molar-refractivity contribution in [1.29, 1.82) is 0 Å². The highest BCUT2D eigenvalue weighted by Gasteiger charge is 2.14. The summed E-state index contributed by atoms with van der Waals surface area (Å²) in [7, 11) is 0. The smallest absolute Gasteiger partial charge is 0.329 e. The number of amides is 2. The predicted molar refractivity (Wildman–Crippen MR) is 96.3 cm³/mol. The number of hydrazone groups is 1. The summed E-state index contributed by atoms with van der Waals surface area (Å²) in [6.07, 6.45) is 1.51. The highest BCUT2D eigenvalue weighted by molar-refractivity contribution is 6.35. The Hall–Kier alpha value is -2.96. The molecular formula is C18H23N5O2. The Balaban J connectivity index is 2.05.